The summed E-state index contributed by atoms with van der Waals surface area (Å²) in [5.74, 6) is -1.38. The highest BCUT2D eigenvalue weighted by Gasteiger charge is 2.21. The molecule has 0 bridgehead atoms. The van der Waals surface area contributed by atoms with Crippen molar-refractivity contribution in [2.45, 2.75) is 6.54 Å². The van der Waals surface area contributed by atoms with Crippen molar-refractivity contribution in [3.63, 3.8) is 0 Å². The molecule has 2 N–H and O–H groups in total. The second kappa shape index (κ2) is 7.75. The molecule has 2 heterocycles. The Morgan fingerprint density at radius 2 is 1.80 bits per heavy atom. The molecule has 8 heteroatoms. The first kappa shape index (κ1) is 19.3. The highest BCUT2D eigenvalue weighted by atomic mass is 19.1. The topological polar surface area (TPSA) is 93.6 Å². The molecule has 4 aromatic rings. The number of hydrogen-bond donors (Lipinski definition) is 1. The van der Waals surface area contributed by atoms with Gasteiger partial charge in [-0.05, 0) is 23.8 Å². The van der Waals surface area contributed by atoms with E-state index in [1.54, 1.807) is 25.2 Å². The minimum absolute atomic E-state index is 0.0111. The molecule has 2 aromatic heterocycles. The third-order valence-corrected chi connectivity index (χ3v) is 4.70. The summed E-state index contributed by atoms with van der Waals surface area (Å²) in [6, 6.07) is 16.9. The van der Waals surface area contributed by atoms with Crippen LogP contribution in [0.25, 0.3) is 16.9 Å². The van der Waals surface area contributed by atoms with Crippen LogP contribution < -0.4 is 5.73 Å². The molecular formula is C22H18FN5O2. The molecule has 7 nitrogen and oxygen atoms in total. The van der Waals surface area contributed by atoms with Crippen LogP contribution in [0.3, 0.4) is 0 Å². The average Bonchev–Trinajstić information content (AvgIpc) is 3.19. The molecule has 0 saturated carbocycles. The first-order valence-corrected chi connectivity index (χ1v) is 9.17. The number of nitrogens with two attached hydrogens (primary N) is 1. The Morgan fingerprint density at radius 3 is 2.47 bits per heavy atom. The van der Waals surface area contributed by atoms with Crippen LogP contribution in [-0.4, -0.2) is 38.1 Å². The summed E-state index contributed by atoms with van der Waals surface area (Å²) in [5, 5.41) is 0. The molecule has 2 amide bonds. The summed E-state index contributed by atoms with van der Waals surface area (Å²) >= 11 is 0. The molecular weight excluding hydrogens is 385 g/mol. The number of amides is 2. The largest absolute Gasteiger partial charge is 0.364 e. The molecule has 0 aliphatic carbocycles. The maximum absolute atomic E-state index is 13.3. The second-order valence-corrected chi connectivity index (χ2v) is 6.83. The first-order valence-electron chi connectivity index (χ1n) is 9.17. The van der Waals surface area contributed by atoms with Gasteiger partial charge in [-0.1, -0.05) is 42.5 Å². The van der Waals surface area contributed by atoms with E-state index in [9.17, 15) is 14.0 Å². The number of aromatic nitrogens is 3. The standard InChI is InChI=1S/C22H18FN5O2/c1-27(12-14-7-9-16(23)10-8-14)22(30)18-11-17(15-5-3-2-4-6-15)26-21-19(20(24)29)25-13-28(18)21/h2-11,13H,12H2,1H3,(H2,24,29). The highest BCUT2D eigenvalue weighted by Crippen LogP contribution is 2.22. The fourth-order valence-corrected chi connectivity index (χ4v) is 3.20. The number of hydrogen-bond acceptors (Lipinski definition) is 4. The molecule has 4 rings (SSSR count). The zero-order chi connectivity index (χ0) is 21.3. The Morgan fingerprint density at radius 1 is 1.10 bits per heavy atom. The molecule has 0 atom stereocenters. The minimum atomic E-state index is -0.728. The number of rotatable bonds is 5. The van der Waals surface area contributed by atoms with Gasteiger partial charge in [0.1, 0.15) is 17.8 Å². The van der Waals surface area contributed by atoms with Gasteiger partial charge in [0, 0.05) is 19.2 Å². The van der Waals surface area contributed by atoms with E-state index in [-0.39, 0.29) is 35.3 Å². The number of halogens is 1. The van der Waals surface area contributed by atoms with Crippen molar-refractivity contribution < 1.29 is 14.0 Å². The lowest BCUT2D eigenvalue weighted by Gasteiger charge is -2.18. The van der Waals surface area contributed by atoms with Gasteiger partial charge in [0.2, 0.25) is 0 Å². The smallest absolute Gasteiger partial charge is 0.271 e. The van der Waals surface area contributed by atoms with Crippen molar-refractivity contribution in [1.29, 1.82) is 0 Å². The Balaban J connectivity index is 1.79. The molecule has 30 heavy (non-hydrogen) atoms. The number of benzene rings is 2. The van der Waals surface area contributed by atoms with Crippen LogP contribution >= 0.6 is 0 Å². The van der Waals surface area contributed by atoms with Crippen LogP contribution in [0.4, 0.5) is 4.39 Å². The molecule has 0 fully saturated rings. The lowest BCUT2D eigenvalue weighted by atomic mass is 10.1. The Bertz CT molecular complexity index is 1240. The fourth-order valence-electron chi connectivity index (χ4n) is 3.20. The molecule has 0 radical (unpaired) electrons. The quantitative estimate of drug-likeness (QED) is 0.554. The van der Waals surface area contributed by atoms with Crippen LogP contribution in [0.15, 0.2) is 67.0 Å². The van der Waals surface area contributed by atoms with Gasteiger partial charge in [0.25, 0.3) is 11.8 Å². The number of nitrogens with zero attached hydrogens (tertiary/aromatic N) is 4. The summed E-state index contributed by atoms with van der Waals surface area (Å²) in [7, 11) is 1.64. The summed E-state index contributed by atoms with van der Waals surface area (Å²) in [6.45, 7) is 0.279. The Kier molecular flexibility index (Phi) is 4.97. The summed E-state index contributed by atoms with van der Waals surface area (Å²) in [4.78, 5) is 35.1. The monoisotopic (exact) mass is 403 g/mol. The molecule has 150 valence electrons. The maximum Gasteiger partial charge on any atom is 0.271 e. The normalized spacial score (nSPS) is 10.9. The number of fused-ring (bicyclic) bond motifs is 1. The molecule has 2 aromatic carbocycles. The predicted octanol–water partition coefficient (Wildman–Crippen LogP) is 2.91. The summed E-state index contributed by atoms with van der Waals surface area (Å²) < 4.78 is 14.6. The number of primary amides is 1. The van der Waals surface area contributed by atoms with Crippen LogP contribution in [-0.2, 0) is 6.54 Å². The van der Waals surface area contributed by atoms with Crippen molar-refractivity contribution >= 4 is 17.5 Å². The van der Waals surface area contributed by atoms with Crippen LogP contribution in [0.1, 0.15) is 26.5 Å². The van der Waals surface area contributed by atoms with Gasteiger partial charge in [-0.25, -0.2) is 14.4 Å². The first-order chi connectivity index (χ1) is 14.4. The zero-order valence-corrected chi connectivity index (χ0v) is 16.1. The third-order valence-electron chi connectivity index (χ3n) is 4.70. The van der Waals surface area contributed by atoms with Gasteiger partial charge in [0.15, 0.2) is 11.3 Å². The Labute approximate surface area is 171 Å². The highest BCUT2D eigenvalue weighted by molar-refractivity contribution is 5.99. The maximum atomic E-state index is 13.3. The van der Waals surface area contributed by atoms with E-state index < -0.39 is 5.91 Å². The molecule has 0 aliphatic rings. The van der Waals surface area contributed by atoms with E-state index in [1.165, 1.54) is 27.8 Å². The van der Waals surface area contributed by atoms with Crippen LogP contribution in [0.5, 0.6) is 0 Å². The molecule has 0 aliphatic heterocycles. The lowest BCUT2D eigenvalue weighted by Crippen LogP contribution is -2.28. The average molecular weight is 403 g/mol. The van der Waals surface area contributed by atoms with E-state index >= 15 is 0 Å². The van der Waals surface area contributed by atoms with Crippen molar-refractivity contribution in [2.75, 3.05) is 7.05 Å². The third kappa shape index (κ3) is 3.62. The minimum Gasteiger partial charge on any atom is -0.364 e. The molecule has 0 spiro atoms. The van der Waals surface area contributed by atoms with Gasteiger partial charge in [0.05, 0.1) is 5.69 Å². The number of carbonyl (C=O) groups excluding carboxylic acids is 2. The summed E-state index contributed by atoms with van der Waals surface area (Å²) in [6.07, 6.45) is 1.36. The van der Waals surface area contributed by atoms with Crippen LogP contribution in [0, 0.1) is 5.82 Å². The van der Waals surface area contributed by atoms with Gasteiger partial charge < -0.3 is 10.6 Å². The second-order valence-electron chi connectivity index (χ2n) is 6.83. The van der Waals surface area contributed by atoms with Gasteiger partial charge >= 0.3 is 0 Å². The van der Waals surface area contributed by atoms with E-state index in [0.717, 1.165) is 11.1 Å². The summed E-state index contributed by atoms with van der Waals surface area (Å²) in [5.41, 5.74) is 8.00. The van der Waals surface area contributed by atoms with E-state index in [4.69, 9.17) is 5.73 Å². The van der Waals surface area contributed by atoms with Crippen LogP contribution in [0.2, 0.25) is 0 Å². The van der Waals surface area contributed by atoms with Gasteiger partial charge in [-0.15, -0.1) is 0 Å². The van der Waals surface area contributed by atoms with E-state index in [0.29, 0.717) is 5.69 Å². The zero-order valence-electron chi connectivity index (χ0n) is 16.1. The number of carbonyl (C=O) groups is 2. The fraction of sp³-hybridized carbons (Fsp3) is 0.0909. The van der Waals surface area contributed by atoms with Crippen molar-refractivity contribution in [3.05, 3.63) is 89.8 Å². The van der Waals surface area contributed by atoms with Crippen molar-refractivity contribution in [2.24, 2.45) is 5.73 Å². The van der Waals surface area contributed by atoms with Crippen molar-refractivity contribution in [3.8, 4) is 11.3 Å². The van der Waals surface area contributed by atoms with Gasteiger partial charge in [-0.2, -0.15) is 0 Å². The number of imidazole rings is 1. The Hall–Kier alpha value is -4.07. The van der Waals surface area contributed by atoms with E-state index in [1.807, 2.05) is 30.3 Å². The van der Waals surface area contributed by atoms with Gasteiger partial charge in [-0.3, -0.25) is 14.0 Å². The predicted molar refractivity (Wildman–Crippen MR) is 109 cm³/mol. The van der Waals surface area contributed by atoms with E-state index in [2.05, 4.69) is 9.97 Å². The SMILES string of the molecule is CN(Cc1ccc(F)cc1)C(=O)c1cc(-c2ccccc2)nc2c(C(N)=O)ncn12. The lowest BCUT2D eigenvalue weighted by molar-refractivity contribution is 0.0777. The van der Waals surface area contributed by atoms with Crippen molar-refractivity contribution in [1.82, 2.24) is 19.3 Å². The molecule has 0 saturated heterocycles. The molecule has 0 unspecified atom stereocenters.